The Morgan fingerprint density at radius 1 is 1.28 bits per heavy atom. The standard InChI is InChI=1S/C17H20FN7O3S/c1-19-29(26,27)23(2)12-3-4-14(18)13(9-12)15-11-25-17(21-15)20-10-16(22-25)24-5-7-28-8-6-24/h3-4,9-11,19H,5-8H2,1-2H3. The molecule has 10 nitrogen and oxygen atoms in total. The van der Waals surface area contributed by atoms with Gasteiger partial charge in [0.1, 0.15) is 5.82 Å². The van der Waals surface area contributed by atoms with Crippen LogP contribution >= 0.6 is 0 Å². The van der Waals surface area contributed by atoms with Crippen molar-refractivity contribution in [2.24, 2.45) is 0 Å². The van der Waals surface area contributed by atoms with Crippen LogP contribution in [0.1, 0.15) is 0 Å². The van der Waals surface area contributed by atoms with Crippen LogP contribution < -0.4 is 13.9 Å². The minimum atomic E-state index is -3.71. The number of benzene rings is 1. The first-order chi connectivity index (χ1) is 13.9. The van der Waals surface area contributed by atoms with Crippen molar-refractivity contribution in [2.45, 2.75) is 0 Å². The number of rotatable bonds is 5. The fraction of sp³-hybridized carbons (Fsp3) is 0.353. The number of nitrogens with zero attached hydrogens (tertiary/aromatic N) is 6. The van der Waals surface area contributed by atoms with Crippen molar-refractivity contribution < 1.29 is 17.5 Å². The van der Waals surface area contributed by atoms with Gasteiger partial charge < -0.3 is 9.64 Å². The molecule has 0 amide bonds. The van der Waals surface area contributed by atoms with E-state index in [1.807, 2.05) is 4.90 Å². The first-order valence-electron chi connectivity index (χ1n) is 8.91. The molecule has 0 saturated carbocycles. The van der Waals surface area contributed by atoms with E-state index in [0.29, 0.717) is 49.3 Å². The Bertz CT molecular complexity index is 1150. The molecule has 1 aliphatic rings. The number of hydrogen-bond donors (Lipinski definition) is 1. The lowest BCUT2D eigenvalue weighted by Gasteiger charge is -2.27. The summed E-state index contributed by atoms with van der Waals surface area (Å²) in [4.78, 5) is 10.7. The third-order valence-electron chi connectivity index (χ3n) is 4.72. The highest BCUT2D eigenvalue weighted by atomic mass is 32.2. The van der Waals surface area contributed by atoms with Gasteiger partial charge in [0.15, 0.2) is 5.82 Å². The summed E-state index contributed by atoms with van der Waals surface area (Å²) in [5, 5.41) is 4.51. The summed E-state index contributed by atoms with van der Waals surface area (Å²) < 4.78 is 48.6. The summed E-state index contributed by atoms with van der Waals surface area (Å²) in [6.45, 7) is 2.67. The number of ether oxygens (including phenoxy) is 1. The van der Waals surface area contributed by atoms with Gasteiger partial charge in [-0.25, -0.2) is 23.6 Å². The predicted octanol–water partition coefficient (Wildman–Crippen LogP) is 0.667. The van der Waals surface area contributed by atoms with Crippen LogP contribution in [0.5, 0.6) is 0 Å². The summed E-state index contributed by atoms with van der Waals surface area (Å²) in [7, 11) is -1.02. The van der Waals surface area contributed by atoms with Crippen molar-refractivity contribution in [2.75, 3.05) is 49.6 Å². The smallest absolute Gasteiger partial charge is 0.301 e. The van der Waals surface area contributed by atoms with Crippen molar-refractivity contribution >= 4 is 27.5 Å². The average Bonchev–Trinajstić information content (AvgIpc) is 3.17. The maximum atomic E-state index is 14.5. The Kier molecular flexibility index (Phi) is 5.06. The molecule has 1 saturated heterocycles. The Morgan fingerprint density at radius 3 is 2.76 bits per heavy atom. The van der Waals surface area contributed by atoms with Gasteiger partial charge >= 0.3 is 10.2 Å². The molecule has 1 fully saturated rings. The number of imidazole rings is 1. The van der Waals surface area contributed by atoms with E-state index < -0.39 is 16.0 Å². The molecular weight excluding hydrogens is 401 g/mol. The number of nitrogens with one attached hydrogen (secondary N) is 1. The van der Waals surface area contributed by atoms with E-state index in [4.69, 9.17) is 4.74 Å². The molecule has 1 N–H and O–H groups in total. The summed E-state index contributed by atoms with van der Waals surface area (Å²) in [5.41, 5.74) is 0.752. The van der Waals surface area contributed by atoms with Crippen LogP contribution in [0.4, 0.5) is 15.9 Å². The lowest BCUT2D eigenvalue weighted by Crippen LogP contribution is -2.37. The molecule has 2 aromatic heterocycles. The van der Waals surface area contributed by atoms with E-state index in [2.05, 4.69) is 19.8 Å². The van der Waals surface area contributed by atoms with E-state index in [1.54, 1.807) is 12.4 Å². The van der Waals surface area contributed by atoms with Crippen molar-refractivity contribution in [3.05, 3.63) is 36.4 Å². The van der Waals surface area contributed by atoms with Gasteiger partial charge in [0.25, 0.3) is 5.78 Å². The fourth-order valence-electron chi connectivity index (χ4n) is 3.02. The zero-order chi connectivity index (χ0) is 20.6. The molecule has 0 spiro atoms. The molecule has 12 heteroatoms. The molecule has 0 unspecified atom stereocenters. The predicted molar refractivity (Wildman–Crippen MR) is 106 cm³/mol. The Morgan fingerprint density at radius 2 is 2.03 bits per heavy atom. The molecule has 1 aromatic carbocycles. The third-order valence-corrected chi connectivity index (χ3v) is 6.17. The second kappa shape index (κ2) is 7.54. The summed E-state index contributed by atoms with van der Waals surface area (Å²) in [6.07, 6.45) is 3.19. The highest BCUT2D eigenvalue weighted by Gasteiger charge is 2.20. The van der Waals surface area contributed by atoms with Crippen molar-refractivity contribution in [1.82, 2.24) is 24.3 Å². The number of hydrogen-bond acceptors (Lipinski definition) is 7. The Balaban J connectivity index is 1.71. The number of fused-ring (bicyclic) bond motifs is 1. The second-order valence-corrected chi connectivity index (χ2v) is 8.33. The molecular formula is C17H20FN7O3S. The van der Waals surface area contributed by atoms with Crippen molar-refractivity contribution in [3.8, 4) is 11.3 Å². The molecule has 4 rings (SSSR count). The van der Waals surface area contributed by atoms with Gasteiger partial charge in [-0.3, -0.25) is 4.31 Å². The van der Waals surface area contributed by atoms with E-state index in [0.717, 1.165) is 4.31 Å². The molecule has 3 aromatic rings. The Labute approximate surface area is 167 Å². The SMILES string of the molecule is CNS(=O)(=O)N(C)c1ccc(F)c(-c2cn3nc(N4CCOCC4)cnc3n2)c1. The molecule has 3 heterocycles. The number of halogens is 1. The van der Waals surface area contributed by atoms with Gasteiger partial charge in [-0.2, -0.15) is 8.42 Å². The van der Waals surface area contributed by atoms with Gasteiger partial charge in [-0.15, -0.1) is 5.10 Å². The zero-order valence-electron chi connectivity index (χ0n) is 15.9. The minimum absolute atomic E-state index is 0.154. The van der Waals surface area contributed by atoms with E-state index in [9.17, 15) is 12.8 Å². The average molecular weight is 421 g/mol. The molecule has 29 heavy (non-hydrogen) atoms. The van der Waals surface area contributed by atoms with Gasteiger partial charge in [-0.1, -0.05) is 0 Å². The van der Waals surface area contributed by atoms with Crippen molar-refractivity contribution in [3.63, 3.8) is 0 Å². The molecule has 0 aliphatic carbocycles. The molecule has 0 radical (unpaired) electrons. The first-order valence-corrected chi connectivity index (χ1v) is 10.4. The fourth-order valence-corrected chi connectivity index (χ4v) is 3.69. The van der Waals surface area contributed by atoms with Gasteiger partial charge in [-0.05, 0) is 18.2 Å². The lowest BCUT2D eigenvalue weighted by molar-refractivity contribution is 0.122. The summed E-state index contributed by atoms with van der Waals surface area (Å²) in [6, 6.07) is 4.02. The second-order valence-electron chi connectivity index (χ2n) is 6.43. The third kappa shape index (κ3) is 3.73. The van der Waals surface area contributed by atoms with Crippen LogP contribution in [0.3, 0.4) is 0 Å². The van der Waals surface area contributed by atoms with Crippen LogP contribution in [-0.4, -0.2) is 68.4 Å². The quantitative estimate of drug-likeness (QED) is 0.645. The molecule has 0 atom stereocenters. The highest BCUT2D eigenvalue weighted by Crippen LogP contribution is 2.28. The first kappa shape index (κ1) is 19.5. The Hall–Kier alpha value is -2.83. The van der Waals surface area contributed by atoms with E-state index in [-0.39, 0.29) is 5.56 Å². The van der Waals surface area contributed by atoms with Crippen LogP contribution in [0, 0.1) is 5.82 Å². The van der Waals surface area contributed by atoms with Crippen LogP contribution in [0.2, 0.25) is 0 Å². The molecule has 0 bridgehead atoms. The van der Waals surface area contributed by atoms with Crippen LogP contribution in [0.15, 0.2) is 30.6 Å². The van der Waals surface area contributed by atoms with Gasteiger partial charge in [0.05, 0.1) is 37.0 Å². The van der Waals surface area contributed by atoms with E-state index >= 15 is 0 Å². The van der Waals surface area contributed by atoms with Gasteiger partial charge in [0, 0.05) is 32.7 Å². The van der Waals surface area contributed by atoms with Crippen LogP contribution in [0.25, 0.3) is 17.0 Å². The molecule has 1 aliphatic heterocycles. The van der Waals surface area contributed by atoms with Crippen molar-refractivity contribution in [1.29, 1.82) is 0 Å². The summed E-state index contributed by atoms with van der Waals surface area (Å²) in [5.74, 6) is 0.470. The monoisotopic (exact) mass is 421 g/mol. The highest BCUT2D eigenvalue weighted by molar-refractivity contribution is 7.90. The zero-order valence-corrected chi connectivity index (χ0v) is 16.7. The maximum absolute atomic E-state index is 14.5. The number of morpholine rings is 1. The van der Waals surface area contributed by atoms with Gasteiger partial charge in [0.2, 0.25) is 0 Å². The summed E-state index contributed by atoms with van der Waals surface area (Å²) >= 11 is 0. The molecule has 154 valence electrons. The van der Waals surface area contributed by atoms with Crippen LogP contribution in [-0.2, 0) is 14.9 Å². The topological polar surface area (TPSA) is 105 Å². The number of aromatic nitrogens is 4. The van der Waals surface area contributed by atoms with E-state index in [1.165, 1.54) is 36.8 Å². The number of anilines is 2. The largest absolute Gasteiger partial charge is 0.378 e. The normalized spacial score (nSPS) is 15.1. The maximum Gasteiger partial charge on any atom is 0.301 e. The minimum Gasteiger partial charge on any atom is -0.378 e. The lowest BCUT2D eigenvalue weighted by atomic mass is 10.1.